The van der Waals surface area contributed by atoms with E-state index in [1.54, 1.807) is 6.20 Å². The topological polar surface area (TPSA) is 81.8 Å². The number of piperidine rings is 1. The minimum atomic E-state index is -0.255. The van der Waals surface area contributed by atoms with E-state index in [1.165, 1.54) is 0 Å². The predicted octanol–water partition coefficient (Wildman–Crippen LogP) is 2.34. The minimum absolute atomic E-state index is 0.0239. The van der Waals surface area contributed by atoms with Gasteiger partial charge in [-0.2, -0.15) is 5.10 Å². The Labute approximate surface area is 140 Å². The molecule has 0 saturated carbocycles. The monoisotopic (exact) mass is 326 g/mol. The summed E-state index contributed by atoms with van der Waals surface area (Å²) < 4.78 is 0. The number of hydrogen-bond acceptors (Lipinski definition) is 3. The number of amides is 1. The molecule has 2 aromatic rings. The number of pyridine rings is 1. The Morgan fingerprint density at radius 3 is 2.92 bits per heavy atom. The Morgan fingerprint density at radius 1 is 1.21 bits per heavy atom. The van der Waals surface area contributed by atoms with E-state index in [4.69, 9.17) is 0 Å². The van der Waals surface area contributed by atoms with Gasteiger partial charge in [-0.1, -0.05) is 0 Å². The smallest absolute Gasteiger partial charge is 0.261 e. The average Bonchev–Trinajstić information content (AvgIpc) is 3.15. The molecule has 1 aliphatic heterocycles. The van der Waals surface area contributed by atoms with Crippen LogP contribution in [0.4, 0.5) is 0 Å². The Kier molecular flexibility index (Phi) is 3.96. The van der Waals surface area contributed by atoms with Gasteiger partial charge in [0.1, 0.15) is 5.56 Å². The van der Waals surface area contributed by atoms with Crippen LogP contribution in [0.15, 0.2) is 23.1 Å². The molecule has 126 valence electrons. The van der Waals surface area contributed by atoms with Crippen molar-refractivity contribution >= 4 is 5.91 Å². The average molecular weight is 326 g/mol. The van der Waals surface area contributed by atoms with E-state index in [2.05, 4.69) is 15.2 Å². The first-order chi connectivity index (χ1) is 11.7. The molecule has 4 rings (SSSR count). The molecule has 2 N–H and O–H groups in total. The number of aromatic nitrogens is 3. The van der Waals surface area contributed by atoms with Crippen LogP contribution in [0.3, 0.4) is 0 Å². The number of hydrogen-bond donors (Lipinski definition) is 2. The van der Waals surface area contributed by atoms with Crippen LogP contribution in [-0.2, 0) is 12.8 Å². The molecular formula is C18H22N4O2. The molecule has 0 radical (unpaired) electrons. The summed E-state index contributed by atoms with van der Waals surface area (Å²) >= 11 is 0. The predicted molar refractivity (Wildman–Crippen MR) is 89.9 cm³/mol. The molecular weight excluding hydrogens is 304 g/mol. The van der Waals surface area contributed by atoms with Crippen molar-refractivity contribution in [3.05, 3.63) is 51.2 Å². The molecule has 6 nitrogen and oxygen atoms in total. The lowest BCUT2D eigenvalue weighted by atomic mass is 9.94. The minimum Gasteiger partial charge on any atom is -0.330 e. The third kappa shape index (κ3) is 2.66. The molecule has 0 aromatic carbocycles. The van der Waals surface area contributed by atoms with Crippen LogP contribution in [-0.4, -0.2) is 32.5 Å². The number of fused-ring (bicyclic) bond motifs is 1. The lowest BCUT2D eigenvalue weighted by Gasteiger charge is -2.35. The van der Waals surface area contributed by atoms with Crippen LogP contribution in [0.1, 0.15) is 65.5 Å². The SMILES string of the molecule is O=C(c1cc2c([nH]c1=O)CCCC2)N1CCCCC1c1ccn[nH]1. The molecule has 1 fully saturated rings. The molecule has 1 atom stereocenters. The quantitative estimate of drug-likeness (QED) is 0.889. The first kappa shape index (κ1) is 15.2. The van der Waals surface area contributed by atoms with Gasteiger partial charge in [0.05, 0.1) is 11.7 Å². The number of carbonyl (C=O) groups excluding carboxylic acids is 1. The fraction of sp³-hybridized carbons (Fsp3) is 0.500. The molecule has 1 saturated heterocycles. The summed E-state index contributed by atoms with van der Waals surface area (Å²) in [7, 11) is 0. The number of rotatable bonds is 2. The van der Waals surface area contributed by atoms with Crippen LogP contribution in [0.25, 0.3) is 0 Å². The van der Waals surface area contributed by atoms with E-state index in [0.717, 1.165) is 61.9 Å². The molecule has 6 heteroatoms. The van der Waals surface area contributed by atoms with Gasteiger partial charge in [-0.25, -0.2) is 0 Å². The first-order valence-corrected chi connectivity index (χ1v) is 8.79. The summed E-state index contributed by atoms with van der Waals surface area (Å²) in [6, 6.07) is 3.71. The fourth-order valence-corrected chi connectivity index (χ4v) is 3.94. The van der Waals surface area contributed by atoms with E-state index in [0.29, 0.717) is 6.54 Å². The van der Waals surface area contributed by atoms with E-state index in [-0.39, 0.29) is 23.1 Å². The van der Waals surface area contributed by atoms with Gasteiger partial charge < -0.3 is 9.88 Å². The molecule has 24 heavy (non-hydrogen) atoms. The van der Waals surface area contributed by atoms with Gasteiger partial charge in [0.2, 0.25) is 0 Å². The number of likely N-dealkylation sites (tertiary alicyclic amines) is 1. The summed E-state index contributed by atoms with van der Waals surface area (Å²) in [5, 5.41) is 6.99. The van der Waals surface area contributed by atoms with Crippen molar-refractivity contribution in [2.45, 2.75) is 51.0 Å². The number of nitrogens with zero attached hydrogens (tertiary/aromatic N) is 2. The summed E-state index contributed by atoms with van der Waals surface area (Å²) in [6.07, 6.45) is 8.72. The Hall–Kier alpha value is -2.37. The molecule has 2 aliphatic rings. The zero-order chi connectivity index (χ0) is 16.5. The lowest BCUT2D eigenvalue weighted by molar-refractivity contribution is 0.0604. The number of H-pyrrole nitrogens is 2. The van der Waals surface area contributed by atoms with E-state index in [9.17, 15) is 9.59 Å². The summed E-state index contributed by atoms with van der Waals surface area (Å²) in [4.78, 5) is 30.3. The van der Waals surface area contributed by atoms with Gasteiger partial charge in [0.25, 0.3) is 11.5 Å². The zero-order valence-electron chi connectivity index (χ0n) is 13.7. The van der Waals surface area contributed by atoms with Crippen molar-refractivity contribution in [3.63, 3.8) is 0 Å². The molecule has 0 bridgehead atoms. The second kappa shape index (κ2) is 6.26. The fourth-order valence-electron chi connectivity index (χ4n) is 3.94. The van der Waals surface area contributed by atoms with Gasteiger partial charge >= 0.3 is 0 Å². The molecule has 1 amide bonds. The van der Waals surface area contributed by atoms with E-state index >= 15 is 0 Å². The maximum Gasteiger partial charge on any atom is 0.261 e. The summed E-state index contributed by atoms with van der Waals surface area (Å²) in [5.74, 6) is -0.163. The molecule has 2 aromatic heterocycles. The third-order valence-electron chi connectivity index (χ3n) is 5.21. The zero-order valence-corrected chi connectivity index (χ0v) is 13.7. The number of carbonyl (C=O) groups is 1. The van der Waals surface area contributed by atoms with Crippen LogP contribution < -0.4 is 5.56 Å². The van der Waals surface area contributed by atoms with Gasteiger partial charge in [0.15, 0.2) is 0 Å². The van der Waals surface area contributed by atoms with E-state index in [1.807, 2.05) is 17.0 Å². The number of nitrogens with one attached hydrogen (secondary N) is 2. The Bertz CT molecular complexity index is 794. The van der Waals surface area contributed by atoms with Crippen molar-refractivity contribution in [2.75, 3.05) is 6.54 Å². The highest BCUT2D eigenvalue weighted by molar-refractivity contribution is 5.94. The molecule has 3 heterocycles. The standard InChI is InChI=1S/C18H22N4O2/c23-17-13(11-12-5-1-2-6-14(12)20-17)18(24)22-10-4-3-7-16(22)15-8-9-19-21-15/h8-9,11,16H,1-7,10H2,(H,19,21)(H,20,23). The third-order valence-corrected chi connectivity index (χ3v) is 5.21. The summed E-state index contributed by atoms with van der Waals surface area (Å²) in [5.41, 5.74) is 3.10. The summed E-state index contributed by atoms with van der Waals surface area (Å²) in [6.45, 7) is 0.680. The van der Waals surface area contributed by atoms with Gasteiger partial charge in [-0.3, -0.25) is 14.7 Å². The molecule has 1 unspecified atom stereocenters. The Morgan fingerprint density at radius 2 is 2.08 bits per heavy atom. The van der Waals surface area contributed by atoms with Crippen molar-refractivity contribution in [3.8, 4) is 0 Å². The number of aryl methyl sites for hydroxylation is 2. The maximum absolute atomic E-state index is 13.1. The van der Waals surface area contributed by atoms with Crippen LogP contribution in [0, 0.1) is 0 Å². The Balaban J connectivity index is 1.68. The largest absolute Gasteiger partial charge is 0.330 e. The number of aromatic amines is 2. The van der Waals surface area contributed by atoms with E-state index < -0.39 is 0 Å². The van der Waals surface area contributed by atoms with Crippen molar-refractivity contribution in [2.24, 2.45) is 0 Å². The normalized spacial score (nSPS) is 20.7. The van der Waals surface area contributed by atoms with Gasteiger partial charge in [0, 0.05) is 18.4 Å². The second-order valence-corrected chi connectivity index (χ2v) is 6.75. The van der Waals surface area contributed by atoms with Crippen LogP contribution in [0.5, 0.6) is 0 Å². The van der Waals surface area contributed by atoms with Crippen LogP contribution in [0.2, 0.25) is 0 Å². The van der Waals surface area contributed by atoms with Gasteiger partial charge in [-0.15, -0.1) is 0 Å². The van der Waals surface area contributed by atoms with Gasteiger partial charge in [-0.05, 0) is 62.6 Å². The lowest BCUT2D eigenvalue weighted by Crippen LogP contribution is -2.41. The van der Waals surface area contributed by atoms with Crippen molar-refractivity contribution < 1.29 is 4.79 Å². The van der Waals surface area contributed by atoms with Crippen molar-refractivity contribution in [1.82, 2.24) is 20.1 Å². The molecule has 0 spiro atoms. The molecule has 1 aliphatic carbocycles. The highest BCUT2D eigenvalue weighted by atomic mass is 16.2. The highest BCUT2D eigenvalue weighted by Crippen LogP contribution is 2.31. The first-order valence-electron chi connectivity index (χ1n) is 8.79. The highest BCUT2D eigenvalue weighted by Gasteiger charge is 2.31. The second-order valence-electron chi connectivity index (χ2n) is 6.75. The van der Waals surface area contributed by atoms with Crippen LogP contribution >= 0.6 is 0 Å². The maximum atomic E-state index is 13.1. The van der Waals surface area contributed by atoms with Crippen molar-refractivity contribution in [1.29, 1.82) is 0 Å².